The van der Waals surface area contributed by atoms with Crippen molar-refractivity contribution in [2.24, 2.45) is 7.05 Å². The maximum Gasteiger partial charge on any atom is 0.234 e. The van der Waals surface area contributed by atoms with Crippen LogP contribution in [-0.4, -0.2) is 31.4 Å². The molecule has 0 atom stereocenters. The summed E-state index contributed by atoms with van der Waals surface area (Å²) in [7, 11) is 1.87. The Morgan fingerprint density at radius 3 is 2.32 bits per heavy atom. The molecule has 9 heteroatoms. The van der Waals surface area contributed by atoms with Gasteiger partial charge in [-0.3, -0.25) is 9.78 Å². The minimum Gasteiger partial charge on any atom is -0.457 e. The number of carbonyl (C=O) groups excluding carboxylic acids is 1. The summed E-state index contributed by atoms with van der Waals surface area (Å²) in [5.74, 6) is 2.15. The molecule has 0 radical (unpaired) electrons. The second-order valence-corrected chi connectivity index (χ2v) is 7.90. The average molecular weight is 452 g/mol. The molecule has 0 spiro atoms. The Kier molecular flexibility index (Phi) is 6.49. The van der Waals surface area contributed by atoms with Gasteiger partial charge in [0.2, 0.25) is 5.91 Å². The van der Waals surface area contributed by atoms with E-state index in [9.17, 15) is 4.79 Å². The number of nitrogens with zero attached hydrogens (tertiary/aromatic N) is 4. The number of thioether (sulfide) groups is 1. The van der Waals surface area contributed by atoms with Gasteiger partial charge >= 0.3 is 0 Å². The fourth-order valence-electron chi connectivity index (χ4n) is 2.77. The number of nitrogens with one attached hydrogen (secondary N) is 1. The summed E-state index contributed by atoms with van der Waals surface area (Å²) in [5.41, 5.74) is 1.60. The van der Waals surface area contributed by atoms with Crippen LogP contribution in [0.5, 0.6) is 11.5 Å². The lowest BCUT2D eigenvalue weighted by Crippen LogP contribution is -2.14. The second-order valence-electron chi connectivity index (χ2n) is 6.52. The van der Waals surface area contributed by atoms with E-state index in [1.165, 1.54) is 11.8 Å². The van der Waals surface area contributed by atoms with Crippen molar-refractivity contribution in [3.05, 3.63) is 78.1 Å². The first-order valence-electron chi connectivity index (χ1n) is 9.34. The third-order valence-electron chi connectivity index (χ3n) is 4.29. The van der Waals surface area contributed by atoms with Crippen molar-refractivity contribution >= 4 is 35.0 Å². The number of carbonyl (C=O) groups is 1. The van der Waals surface area contributed by atoms with E-state index in [1.54, 1.807) is 60.9 Å². The molecular weight excluding hydrogens is 434 g/mol. The summed E-state index contributed by atoms with van der Waals surface area (Å²) in [6, 6.07) is 18.0. The van der Waals surface area contributed by atoms with Crippen molar-refractivity contribution in [1.82, 2.24) is 19.7 Å². The second kappa shape index (κ2) is 9.63. The summed E-state index contributed by atoms with van der Waals surface area (Å²) in [6.45, 7) is 0. The van der Waals surface area contributed by atoms with E-state index in [-0.39, 0.29) is 11.7 Å². The van der Waals surface area contributed by atoms with Gasteiger partial charge in [-0.1, -0.05) is 23.4 Å². The molecule has 1 amide bonds. The first kappa shape index (κ1) is 20.9. The van der Waals surface area contributed by atoms with Crippen LogP contribution >= 0.6 is 23.4 Å². The molecule has 31 heavy (non-hydrogen) atoms. The van der Waals surface area contributed by atoms with Crippen molar-refractivity contribution in [1.29, 1.82) is 0 Å². The van der Waals surface area contributed by atoms with Gasteiger partial charge in [-0.05, 0) is 60.7 Å². The van der Waals surface area contributed by atoms with Gasteiger partial charge in [-0.15, -0.1) is 10.2 Å². The van der Waals surface area contributed by atoms with Crippen LogP contribution in [0, 0.1) is 0 Å². The fraction of sp³-hybridized carbons (Fsp3) is 0.0909. The zero-order valence-electron chi connectivity index (χ0n) is 16.5. The largest absolute Gasteiger partial charge is 0.457 e. The van der Waals surface area contributed by atoms with E-state index >= 15 is 0 Å². The molecule has 2 aromatic carbocycles. The summed E-state index contributed by atoms with van der Waals surface area (Å²) in [6.07, 6.45) is 3.41. The Balaban J connectivity index is 1.31. The molecule has 156 valence electrons. The number of ether oxygens (including phenoxy) is 1. The van der Waals surface area contributed by atoms with Gasteiger partial charge in [0.25, 0.3) is 0 Å². The molecule has 7 nitrogen and oxygen atoms in total. The molecule has 4 aromatic rings. The average Bonchev–Trinajstić information content (AvgIpc) is 3.16. The highest BCUT2D eigenvalue weighted by Crippen LogP contribution is 2.25. The molecule has 0 bridgehead atoms. The van der Waals surface area contributed by atoms with Crippen LogP contribution in [0.2, 0.25) is 5.02 Å². The van der Waals surface area contributed by atoms with E-state index in [0.717, 1.165) is 11.4 Å². The van der Waals surface area contributed by atoms with Crippen LogP contribution in [0.4, 0.5) is 5.69 Å². The highest BCUT2D eigenvalue weighted by Gasteiger charge is 2.13. The zero-order chi connectivity index (χ0) is 21.6. The third-order valence-corrected chi connectivity index (χ3v) is 5.57. The number of anilines is 1. The number of benzene rings is 2. The quantitative estimate of drug-likeness (QED) is 0.396. The molecule has 0 saturated heterocycles. The number of aromatic nitrogens is 4. The van der Waals surface area contributed by atoms with Gasteiger partial charge in [0.15, 0.2) is 11.0 Å². The first-order chi connectivity index (χ1) is 15.1. The van der Waals surface area contributed by atoms with Gasteiger partial charge in [-0.2, -0.15) is 0 Å². The van der Waals surface area contributed by atoms with E-state index in [2.05, 4.69) is 20.5 Å². The van der Waals surface area contributed by atoms with Crippen molar-refractivity contribution < 1.29 is 9.53 Å². The van der Waals surface area contributed by atoms with Crippen LogP contribution in [0.15, 0.2) is 78.2 Å². The lowest BCUT2D eigenvalue weighted by Gasteiger charge is -2.08. The minimum atomic E-state index is -0.134. The number of hydrogen-bond donors (Lipinski definition) is 1. The standard InChI is InChI=1S/C22H18ClN5O2S/c1-28-21(15-10-12-24-13-11-15)26-27-22(28)31-14-20(29)25-17-4-8-19(9-5-17)30-18-6-2-16(23)3-7-18/h2-13H,14H2,1H3,(H,25,29). The van der Waals surface area contributed by atoms with Gasteiger partial charge in [0.1, 0.15) is 11.5 Å². The van der Waals surface area contributed by atoms with Crippen LogP contribution in [0.25, 0.3) is 11.4 Å². The van der Waals surface area contributed by atoms with E-state index in [0.29, 0.717) is 27.4 Å². The summed E-state index contributed by atoms with van der Waals surface area (Å²) < 4.78 is 7.61. The molecular formula is C22H18ClN5O2S. The molecule has 2 aromatic heterocycles. The van der Waals surface area contributed by atoms with Crippen LogP contribution < -0.4 is 10.1 Å². The maximum atomic E-state index is 12.3. The smallest absolute Gasteiger partial charge is 0.234 e. The van der Waals surface area contributed by atoms with Crippen molar-refractivity contribution in [3.63, 3.8) is 0 Å². The van der Waals surface area contributed by atoms with Gasteiger partial charge in [-0.25, -0.2) is 0 Å². The lowest BCUT2D eigenvalue weighted by atomic mass is 10.2. The van der Waals surface area contributed by atoms with Gasteiger partial charge in [0.05, 0.1) is 5.75 Å². The molecule has 0 saturated carbocycles. The molecule has 0 fully saturated rings. The Morgan fingerprint density at radius 1 is 1.00 bits per heavy atom. The molecule has 4 rings (SSSR count). The minimum absolute atomic E-state index is 0.134. The number of amides is 1. The topological polar surface area (TPSA) is 81.9 Å². The molecule has 0 unspecified atom stereocenters. The maximum absolute atomic E-state index is 12.3. The number of hydrogen-bond acceptors (Lipinski definition) is 6. The molecule has 2 heterocycles. The highest BCUT2D eigenvalue weighted by atomic mass is 35.5. The van der Waals surface area contributed by atoms with Gasteiger partial charge < -0.3 is 14.6 Å². The fourth-order valence-corrected chi connectivity index (χ4v) is 3.60. The Hall–Kier alpha value is -3.36. The molecule has 0 aliphatic heterocycles. The normalized spacial score (nSPS) is 10.6. The monoisotopic (exact) mass is 451 g/mol. The number of halogens is 1. The van der Waals surface area contributed by atoms with Gasteiger partial charge in [0, 0.05) is 35.7 Å². The van der Waals surface area contributed by atoms with E-state index < -0.39 is 0 Å². The Labute approximate surface area is 188 Å². The van der Waals surface area contributed by atoms with Crippen LogP contribution in [-0.2, 0) is 11.8 Å². The molecule has 1 N–H and O–H groups in total. The third kappa shape index (κ3) is 5.42. The Morgan fingerprint density at radius 2 is 1.65 bits per heavy atom. The molecule has 0 aliphatic rings. The van der Waals surface area contributed by atoms with Crippen molar-refractivity contribution in [2.45, 2.75) is 5.16 Å². The highest BCUT2D eigenvalue weighted by molar-refractivity contribution is 7.99. The summed E-state index contributed by atoms with van der Waals surface area (Å²) in [5, 5.41) is 12.6. The molecule has 0 aliphatic carbocycles. The lowest BCUT2D eigenvalue weighted by molar-refractivity contribution is -0.113. The van der Waals surface area contributed by atoms with Crippen molar-refractivity contribution in [3.8, 4) is 22.9 Å². The SMILES string of the molecule is Cn1c(SCC(=O)Nc2ccc(Oc3ccc(Cl)cc3)cc2)nnc1-c1ccncc1. The summed E-state index contributed by atoms with van der Waals surface area (Å²) in [4.78, 5) is 16.3. The van der Waals surface area contributed by atoms with E-state index in [1.807, 2.05) is 23.7 Å². The zero-order valence-corrected chi connectivity index (χ0v) is 18.1. The predicted octanol–water partition coefficient (Wildman–Crippen LogP) is 5.05. The van der Waals surface area contributed by atoms with E-state index in [4.69, 9.17) is 16.3 Å². The van der Waals surface area contributed by atoms with Crippen LogP contribution in [0.3, 0.4) is 0 Å². The summed E-state index contributed by atoms with van der Waals surface area (Å²) >= 11 is 7.20. The Bertz CT molecular complexity index is 1160. The van der Waals surface area contributed by atoms with Crippen LogP contribution in [0.1, 0.15) is 0 Å². The predicted molar refractivity (Wildman–Crippen MR) is 122 cm³/mol. The van der Waals surface area contributed by atoms with Crippen molar-refractivity contribution in [2.75, 3.05) is 11.1 Å². The number of pyridine rings is 1. The number of rotatable bonds is 7. The first-order valence-corrected chi connectivity index (χ1v) is 10.7.